The summed E-state index contributed by atoms with van der Waals surface area (Å²) < 4.78 is 0. The van der Waals surface area contributed by atoms with Crippen LogP contribution in [-0.2, 0) is 28.8 Å². The Bertz CT molecular complexity index is 727. The maximum atomic E-state index is 12.7. The first-order valence-corrected chi connectivity index (χ1v) is 10.2. The molecule has 0 aliphatic heterocycles. The third-order valence-electron chi connectivity index (χ3n) is 4.42. The maximum Gasteiger partial charge on any atom is 0.326 e. The Kier molecular flexibility index (Phi) is 13.3. The van der Waals surface area contributed by atoms with E-state index in [9.17, 15) is 33.9 Å². The number of hydrogen-bond acceptors (Lipinski definition) is 8. The lowest BCUT2D eigenvalue weighted by molar-refractivity contribution is -0.144. The van der Waals surface area contributed by atoms with Crippen LogP contribution in [0.3, 0.4) is 0 Å². The molecule has 0 saturated carbocycles. The number of nitrogens with one attached hydrogen (secondary N) is 3. The molecule has 0 spiro atoms. The van der Waals surface area contributed by atoms with Crippen LogP contribution < -0.4 is 21.7 Å². The molecule has 0 aliphatic carbocycles. The zero-order valence-corrected chi connectivity index (χ0v) is 18.4. The van der Waals surface area contributed by atoms with Gasteiger partial charge in [-0.25, -0.2) is 4.79 Å². The molecule has 0 saturated heterocycles. The lowest BCUT2D eigenvalue weighted by Gasteiger charge is -2.25. The second-order valence-corrected chi connectivity index (χ2v) is 7.81. The number of carbonyl (C=O) groups excluding carboxylic acids is 3. The normalized spacial score (nSPS) is 14.5. The van der Waals surface area contributed by atoms with E-state index in [0.717, 1.165) is 0 Å². The largest absolute Gasteiger partial charge is 0.481 e. The molecule has 4 unspecified atom stereocenters. The SMILES string of the molecule is CC(C)CC(NC(=O)C(N)CCC(=O)O)C(=O)NC(CO)C(=O)NC(CCC(=O)O)C(=O)O. The van der Waals surface area contributed by atoms with E-state index in [-0.39, 0.29) is 25.2 Å². The number of hydrogen-bond donors (Lipinski definition) is 8. The van der Waals surface area contributed by atoms with Crippen molar-refractivity contribution >= 4 is 35.6 Å². The quantitative estimate of drug-likeness (QED) is 0.117. The van der Waals surface area contributed by atoms with Crippen LogP contribution in [0.5, 0.6) is 0 Å². The van der Waals surface area contributed by atoms with Crippen molar-refractivity contribution in [2.24, 2.45) is 11.7 Å². The van der Waals surface area contributed by atoms with Gasteiger partial charge in [-0.1, -0.05) is 13.8 Å². The van der Waals surface area contributed by atoms with Crippen molar-refractivity contribution in [1.29, 1.82) is 0 Å². The second kappa shape index (κ2) is 14.7. The Morgan fingerprint density at radius 3 is 1.64 bits per heavy atom. The lowest BCUT2D eigenvalue weighted by atomic mass is 10.0. The van der Waals surface area contributed by atoms with Gasteiger partial charge in [-0.2, -0.15) is 0 Å². The average Bonchev–Trinajstić information content (AvgIpc) is 2.71. The highest BCUT2D eigenvalue weighted by Crippen LogP contribution is 2.07. The second-order valence-electron chi connectivity index (χ2n) is 7.81. The minimum atomic E-state index is -1.57. The number of carbonyl (C=O) groups is 6. The predicted molar refractivity (Wildman–Crippen MR) is 112 cm³/mol. The molecular formula is C19H32N4O10. The number of aliphatic hydroxyl groups is 1. The number of carboxylic acids is 3. The summed E-state index contributed by atoms with van der Waals surface area (Å²) in [4.78, 5) is 69.8. The molecule has 14 heteroatoms. The van der Waals surface area contributed by atoms with E-state index >= 15 is 0 Å². The van der Waals surface area contributed by atoms with Gasteiger partial charge in [0, 0.05) is 12.8 Å². The van der Waals surface area contributed by atoms with E-state index in [1.54, 1.807) is 13.8 Å². The summed E-state index contributed by atoms with van der Waals surface area (Å²) in [6, 6.07) is -5.49. The van der Waals surface area contributed by atoms with Gasteiger partial charge in [0.2, 0.25) is 17.7 Å². The maximum absolute atomic E-state index is 12.7. The van der Waals surface area contributed by atoms with E-state index in [4.69, 9.17) is 21.1 Å². The standard InChI is InChI=1S/C19H32N4O10/c1-9(2)7-12(22-16(29)10(20)3-5-14(25)26)17(30)23-13(8-24)18(31)21-11(19(32)33)4-6-15(27)28/h9-13,24H,3-8,20H2,1-2H3,(H,21,31)(H,22,29)(H,23,30)(H,25,26)(H,27,28)(H,32,33). The highest BCUT2D eigenvalue weighted by molar-refractivity contribution is 5.94. The van der Waals surface area contributed by atoms with Crippen molar-refractivity contribution in [2.75, 3.05) is 6.61 Å². The minimum absolute atomic E-state index is 0.0925. The molecular weight excluding hydrogens is 444 g/mol. The molecule has 0 aromatic heterocycles. The van der Waals surface area contributed by atoms with Gasteiger partial charge >= 0.3 is 17.9 Å². The monoisotopic (exact) mass is 476 g/mol. The Labute approximate surface area is 189 Å². The Balaban J connectivity index is 5.22. The third kappa shape index (κ3) is 12.4. The fraction of sp³-hybridized carbons (Fsp3) is 0.684. The Hall–Kier alpha value is -3.26. The summed E-state index contributed by atoms with van der Waals surface area (Å²) in [5.74, 6) is -6.68. The van der Waals surface area contributed by atoms with Crippen molar-refractivity contribution in [3.63, 3.8) is 0 Å². The first-order valence-electron chi connectivity index (χ1n) is 10.2. The molecule has 0 fully saturated rings. The smallest absolute Gasteiger partial charge is 0.326 e. The summed E-state index contributed by atoms with van der Waals surface area (Å²) in [5, 5.41) is 42.7. The summed E-state index contributed by atoms with van der Waals surface area (Å²) >= 11 is 0. The molecule has 14 nitrogen and oxygen atoms in total. The van der Waals surface area contributed by atoms with Gasteiger partial charge in [0.1, 0.15) is 18.1 Å². The van der Waals surface area contributed by atoms with Crippen LogP contribution in [0, 0.1) is 5.92 Å². The van der Waals surface area contributed by atoms with Gasteiger partial charge in [0.15, 0.2) is 0 Å². The van der Waals surface area contributed by atoms with Gasteiger partial charge in [-0.15, -0.1) is 0 Å². The van der Waals surface area contributed by atoms with E-state index in [0.29, 0.717) is 0 Å². The zero-order chi connectivity index (χ0) is 25.7. The predicted octanol–water partition coefficient (Wildman–Crippen LogP) is -2.38. The topological polar surface area (TPSA) is 245 Å². The number of amides is 3. The zero-order valence-electron chi connectivity index (χ0n) is 18.4. The lowest BCUT2D eigenvalue weighted by Crippen LogP contribution is -2.58. The van der Waals surface area contributed by atoms with Gasteiger partial charge in [0.25, 0.3) is 0 Å². The molecule has 9 N–H and O–H groups in total. The minimum Gasteiger partial charge on any atom is -0.481 e. The fourth-order valence-electron chi connectivity index (χ4n) is 2.66. The Morgan fingerprint density at radius 1 is 0.727 bits per heavy atom. The van der Waals surface area contributed by atoms with Gasteiger partial charge < -0.3 is 42.1 Å². The summed E-state index contributed by atoms with van der Waals surface area (Å²) in [6.07, 6.45) is -1.33. The van der Waals surface area contributed by atoms with Gasteiger partial charge in [-0.3, -0.25) is 24.0 Å². The van der Waals surface area contributed by atoms with Crippen molar-refractivity contribution in [1.82, 2.24) is 16.0 Å². The van der Waals surface area contributed by atoms with Crippen molar-refractivity contribution in [3.05, 3.63) is 0 Å². The molecule has 0 radical (unpaired) electrons. The number of carboxylic acid groups (broad SMARTS) is 3. The van der Waals surface area contributed by atoms with Crippen LogP contribution in [0.15, 0.2) is 0 Å². The van der Waals surface area contributed by atoms with Gasteiger partial charge in [-0.05, 0) is 25.2 Å². The highest BCUT2D eigenvalue weighted by Gasteiger charge is 2.30. The van der Waals surface area contributed by atoms with Gasteiger partial charge in [0.05, 0.1) is 12.6 Å². The van der Waals surface area contributed by atoms with Crippen LogP contribution in [0.1, 0.15) is 46.0 Å². The molecule has 0 rings (SSSR count). The first kappa shape index (κ1) is 29.7. The number of aliphatic hydroxyl groups excluding tert-OH is 1. The van der Waals surface area contributed by atoms with Crippen LogP contribution in [0.4, 0.5) is 0 Å². The third-order valence-corrected chi connectivity index (χ3v) is 4.42. The van der Waals surface area contributed by atoms with E-state index in [2.05, 4.69) is 16.0 Å². The highest BCUT2D eigenvalue weighted by atomic mass is 16.4. The summed E-state index contributed by atoms with van der Waals surface area (Å²) in [6.45, 7) is 2.61. The molecule has 3 amide bonds. The summed E-state index contributed by atoms with van der Waals surface area (Å²) in [7, 11) is 0. The van der Waals surface area contributed by atoms with E-state index in [1.807, 2.05) is 0 Å². The van der Waals surface area contributed by atoms with Crippen LogP contribution >= 0.6 is 0 Å². The molecule has 0 aromatic carbocycles. The fourth-order valence-corrected chi connectivity index (χ4v) is 2.66. The van der Waals surface area contributed by atoms with Crippen LogP contribution in [0.2, 0.25) is 0 Å². The molecule has 188 valence electrons. The number of rotatable bonds is 16. The average molecular weight is 476 g/mol. The van der Waals surface area contributed by atoms with Crippen LogP contribution in [-0.4, -0.2) is 86.8 Å². The Morgan fingerprint density at radius 2 is 1.18 bits per heavy atom. The molecule has 4 atom stereocenters. The number of aliphatic carboxylic acids is 3. The van der Waals surface area contributed by atoms with E-state index < -0.39 is 79.2 Å². The summed E-state index contributed by atoms with van der Waals surface area (Å²) in [5.41, 5.74) is 5.64. The molecule has 33 heavy (non-hydrogen) atoms. The molecule has 0 aliphatic rings. The molecule has 0 bridgehead atoms. The van der Waals surface area contributed by atoms with Crippen LogP contribution in [0.25, 0.3) is 0 Å². The molecule has 0 aromatic rings. The van der Waals surface area contributed by atoms with E-state index in [1.165, 1.54) is 0 Å². The first-order chi connectivity index (χ1) is 15.3. The van der Waals surface area contributed by atoms with Crippen molar-refractivity contribution in [2.45, 2.75) is 70.1 Å². The number of nitrogens with two attached hydrogens (primary N) is 1. The van der Waals surface area contributed by atoms with Crippen molar-refractivity contribution in [3.8, 4) is 0 Å². The molecule has 0 heterocycles. The van der Waals surface area contributed by atoms with Crippen molar-refractivity contribution < 1.29 is 49.2 Å².